The molecule has 0 saturated carbocycles. The molecule has 120 valence electrons. The van der Waals surface area contributed by atoms with Crippen molar-refractivity contribution in [3.05, 3.63) is 68.0 Å². The van der Waals surface area contributed by atoms with Gasteiger partial charge in [0.15, 0.2) is 0 Å². The lowest BCUT2D eigenvalue weighted by Gasteiger charge is -2.07. The highest BCUT2D eigenvalue weighted by atomic mass is 32.1. The summed E-state index contributed by atoms with van der Waals surface area (Å²) >= 11 is 1.64. The second kappa shape index (κ2) is 6.52. The third kappa shape index (κ3) is 3.13. The van der Waals surface area contributed by atoms with E-state index in [1.54, 1.807) is 16.0 Å². The van der Waals surface area contributed by atoms with E-state index in [1.807, 2.05) is 61.3 Å². The number of rotatable bonds is 5. The van der Waals surface area contributed by atoms with Crippen molar-refractivity contribution < 1.29 is 0 Å². The number of aryl methyl sites for hydroxylation is 1. The Morgan fingerprint density at radius 1 is 1.17 bits per heavy atom. The Kier molecular flexibility index (Phi) is 4.45. The zero-order valence-corrected chi connectivity index (χ0v) is 14.4. The molecule has 0 saturated heterocycles. The van der Waals surface area contributed by atoms with Gasteiger partial charge in [0.2, 0.25) is 0 Å². The summed E-state index contributed by atoms with van der Waals surface area (Å²) in [5.74, 6) is 0. The molecule has 0 spiro atoms. The van der Waals surface area contributed by atoms with Gasteiger partial charge in [0.1, 0.15) is 0 Å². The monoisotopic (exact) mass is 328 g/mol. The van der Waals surface area contributed by atoms with Gasteiger partial charge in [-0.3, -0.25) is 9.48 Å². The Labute approximate surface area is 139 Å². The van der Waals surface area contributed by atoms with Crippen LogP contribution in [0.5, 0.6) is 0 Å². The van der Waals surface area contributed by atoms with Crippen LogP contribution >= 0.6 is 11.3 Å². The number of thiazole rings is 1. The highest BCUT2D eigenvalue weighted by molar-refractivity contribution is 7.09. The molecule has 0 atom stereocenters. The Morgan fingerprint density at radius 2 is 1.91 bits per heavy atom. The van der Waals surface area contributed by atoms with Crippen molar-refractivity contribution in [3.63, 3.8) is 0 Å². The maximum Gasteiger partial charge on any atom is 0.276 e. The van der Waals surface area contributed by atoms with Gasteiger partial charge in [0.25, 0.3) is 5.56 Å². The van der Waals surface area contributed by atoms with Crippen LogP contribution < -0.4 is 10.9 Å². The number of nitrogens with one attached hydrogen (secondary N) is 1. The summed E-state index contributed by atoms with van der Waals surface area (Å²) < 4.78 is 3.61. The molecule has 5 nitrogen and oxygen atoms in total. The van der Waals surface area contributed by atoms with Crippen molar-refractivity contribution in [2.24, 2.45) is 7.05 Å². The molecule has 0 aliphatic heterocycles. The lowest BCUT2D eigenvalue weighted by Crippen LogP contribution is -2.23. The molecule has 1 aromatic carbocycles. The average Bonchev–Trinajstić information content (AvgIpc) is 3.05. The summed E-state index contributed by atoms with van der Waals surface area (Å²) in [5, 5.41) is 6.43. The van der Waals surface area contributed by atoms with Crippen LogP contribution in [0.4, 0.5) is 0 Å². The summed E-state index contributed by atoms with van der Waals surface area (Å²) in [6.07, 6.45) is 0. The van der Waals surface area contributed by atoms with Crippen molar-refractivity contribution >= 4 is 11.3 Å². The van der Waals surface area contributed by atoms with Crippen LogP contribution in [0, 0.1) is 13.8 Å². The van der Waals surface area contributed by atoms with E-state index in [4.69, 9.17) is 0 Å². The number of benzene rings is 1. The fourth-order valence-corrected chi connectivity index (χ4v) is 3.24. The fourth-order valence-electron chi connectivity index (χ4n) is 2.63. The first-order valence-corrected chi connectivity index (χ1v) is 8.40. The van der Waals surface area contributed by atoms with Crippen LogP contribution in [-0.4, -0.2) is 14.3 Å². The van der Waals surface area contributed by atoms with Crippen molar-refractivity contribution in [1.29, 1.82) is 0 Å². The number of hydrogen-bond acceptors (Lipinski definition) is 4. The number of aromatic nitrogens is 3. The summed E-state index contributed by atoms with van der Waals surface area (Å²) in [7, 11) is 1.91. The molecule has 6 heteroatoms. The molecule has 0 fully saturated rings. The number of nitrogens with zero attached hydrogens (tertiary/aromatic N) is 3. The lowest BCUT2D eigenvalue weighted by molar-refractivity contribution is 0.629. The number of hydrogen-bond donors (Lipinski definition) is 1. The molecule has 0 bridgehead atoms. The van der Waals surface area contributed by atoms with Crippen molar-refractivity contribution in [1.82, 2.24) is 19.7 Å². The zero-order valence-electron chi connectivity index (χ0n) is 13.5. The van der Waals surface area contributed by atoms with Crippen LogP contribution in [0.3, 0.4) is 0 Å². The van der Waals surface area contributed by atoms with Crippen LogP contribution in [0.25, 0.3) is 5.69 Å². The Morgan fingerprint density at radius 3 is 2.57 bits per heavy atom. The molecule has 0 unspecified atom stereocenters. The van der Waals surface area contributed by atoms with Crippen LogP contribution in [-0.2, 0) is 20.1 Å². The maximum atomic E-state index is 12.7. The Hall–Kier alpha value is -2.18. The molecule has 0 aliphatic rings. The van der Waals surface area contributed by atoms with Crippen molar-refractivity contribution in [3.8, 4) is 5.69 Å². The van der Waals surface area contributed by atoms with E-state index in [-0.39, 0.29) is 5.56 Å². The second-order valence-electron chi connectivity index (χ2n) is 5.50. The van der Waals surface area contributed by atoms with Gasteiger partial charge in [0.05, 0.1) is 22.0 Å². The molecule has 3 aromatic rings. The van der Waals surface area contributed by atoms with Crippen LogP contribution in [0.1, 0.15) is 22.0 Å². The fraction of sp³-hybridized carbons (Fsp3) is 0.294. The minimum absolute atomic E-state index is 0.0261. The second-order valence-corrected chi connectivity index (χ2v) is 6.56. The Bertz CT molecular complexity index is 861. The van der Waals surface area contributed by atoms with Gasteiger partial charge >= 0.3 is 0 Å². The van der Waals surface area contributed by atoms with Crippen LogP contribution in [0.15, 0.2) is 40.5 Å². The highest BCUT2D eigenvalue weighted by Crippen LogP contribution is 2.11. The van der Waals surface area contributed by atoms with E-state index in [9.17, 15) is 4.79 Å². The predicted molar refractivity (Wildman–Crippen MR) is 93.1 cm³/mol. The lowest BCUT2D eigenvalue weighted by atomic mass is 10.2. The van der Waals surface area contributed by atoms with Crippen molar-refractivity contribution in [2.75, 3.05) is 0 Å². The predicted octanol–water partition coefficient (Wildman–Crippen LogP) is 2.54. The minimum atomic E-state index is 0.0261. The van der Waals surface area contributed by atoms with Gasteiger partial charge in [-0.05, 0) is 26.0 Å². The molecular formula is C17H20N4OS. The summed E-state index contributed by atoms with van der Waals surface area (Å²) in [6.45, 7) is 5.18. The van der Waals surface area contributed by atoms with E-state index in [1.165, 1.54) is 0 Å². The first-order valence-electron chi connectivity index (χ1n) is 7.52. The molecular weight excluding hydrogens is 308 g/mol. The normalized spacial score (nSPS) is 11.1. The summed E-state index contributed by atoms with van der Waals surface area (Å²) in [5.41, 5.74) is 3.69. The SMILES string of the molecule is Cc1nc(CNCc2c(C)n(C)n(-c3ccccc3)c2=O)cs1. The van der Waals surface area contributed by atoms with E-state index >= 15 is 0 Å². The van der Waals surface area contributed by atoms with Crippen molar-refractivity contribution in [2.45, 2.75) is 26.9 Å². The van der Waals surface area contributed by atoms with E-state index < -0.39 is 0 Å². The van der Waals surface area contributed by atoms with Crippen LogP contribution in [0.2, 0.25) is 0 Å². The van der Waals surface area contributed by atoms with Gasteiger partial charge in [-0.25, -0.2) is 9.67 Å². The van der Waals surface area contributed by atoms with Gasteiger partial charge < -0.3 is 5.32 Å². The van der Waals surface area contributed by atoms with Gasteiger partial charge in [-0.1, -0.05) is 18.2 Å². The van der Waals surface area contributed by atoms with Gasteiger partial charge in [-0.15, -0.1) is 11.3 Å². The van der Waals surface area contributed by atoms with E-state index in [2.05, 4.69) is 10.3 Å². The third-order valence-corrected chi connectivity index (χ3v) is 4.77. The quantitative estimate of drug-likeness (QED) is 0.783. The van der Waals surface area contributed by atoms with Gasteiger partial charge in [0, 0.05) is 31.2 Å². The molecule has 0 aliphatic carbocycles. The first kappa shape index (κ1) is 15.7. The molecule has 0 amide bonds. The first-order chi connectivity index (χ1) is 11.1. The molecule has 2 heterocycles. The smallest absolute Gasteiger partial charge is 0.276 e. The minimum Gasteiger partial charge on any atom is -0.307 e. The molecule has 3 rings (SSSR count). The summed E-state index contributed by atoms with van der Waals surface area (Å²) in [4.78, 5) is 17.2. The highest BCUT2D eigenvalue weighted by Gasteiger charge is 2.15. The third-order valence-electron chi connectivity index (χ3n) is 3.95. The summed E-state index contributed by atoms with van der Waals surface area (Å²) in [6, 6.07) is 9.70. The molecule has 2 aromatic heterocycles. The van der Waals surface area contributed by atoms with E-state index in [0.29, 0.717) is 13.1 Å². The zero-order chi connectivity index (χ0) is 16.4. The molecule has 23 heavy (non-hydrogen) atoms. The molecule has 0 radical (unpaired) electrons. The largest absolute Gasteiger partial charge is 0.307 e. The number of para-hydroxylation sites is 1. The average molecular weight is 328 g/mol. The Balaban J connectivity index is 1.82. The van der Waals surface area contributed by atoms with E-state index in [0.717, 1.165) is 27.6 Å². The standard InChI is InChI=1S/C17H20N4OS/c1-12-16(10-18-9-14-11-23-13(2)19-14)17(22)21(20(12)3)15-7-5-4-6-8-15/h4-8,11,18H,9-10H2,1-3H3. The topological polar surface area (TPSA) is 51.9 Å². The molecule has 1 N–H and O–H groups in total. The maximum absolute atomic E-state index is 12.7. The van der Waals surface area contributed by atoms with Gasteiger partial charge in [-0.2, -0.15) is 0 Å².